The molecular formula is C19H42O11Si5. The normalized spacial score (nSPS) is 21.8. The highest BCUT2D eigenvalue weighted by atomic mass is 28.5. The highest BCUT2D eigenvalue weighted by Gasteiger charge is 2.45. The number of esters is 2. The van der Waals surface area contributed by atoms with Gasteiger partial charge in [-0.3, -0.25) is 9.59 Å². The van der Waals surface area contributed by atoms with Crippen molar-refractivity contribution in [2.75, 3.05) is 34.5 Å². The second-order valence-corrected chi connectivity index (χ2v) is 22.6. The van der Waals surface area contributed by atoms with Gasteiger partial charge in [-0.15, -0.1) is 0 Å². The minimum absolute atomic E-state index is 0.158. The summed E-state index contributed by atoms with van der Waals surface area (Å²) >= 11 is 0. The van der Waals surface area contributed by atoms with Crippen LogP contribution >= 0.6 is 0 Å². The van der Waals surface area contributed by atoms with Crippen LogP contribution in [0.4, 0.5) is 0 Å². The summed E-state index contributed by atoms with van der Waals surface area (Å²) in [4.78, 5) is 23.9. The van der Waals surface area contributed by atoms with E-state index < -0.39 is 44.5 Å². The van der Waals surface area contributed by atoms with E-state index in [0.29, 0.717) is 31.4 Å². The van der Waals surface area contributed by atoms with Gasteiger partial charge in [0.1, 0.15) is 0 Å². The fourth-order valence-electron chi connectivity index (χ4n) is 3.69. The van der Waals surface area contributed by atoms with Crippen LogP contribution in [0.15, 0.2) is 0 Å². The van der Waals surface area contributed by atoms with Crippen molar-refractivity contribution in [1.82, 2.24) is 0 Å². The van der Waals surface area contributed by atoms with Crippen molar-refractivity contribution in [3.8, 4) is 0 Å². The van der Waals surface area contributed by atoms with Gasteiger partial charge in [-0.25, -0.2) is 0 Å². The Balaban J connectivity index is 2.23. The lowest BCUT2D eigenvalue weighted by atomic mass is 10.2. The average Bonchev–Trinajstić information content (AvgIpc) is 2.75. The molecule has 0 aromatic rings. The van der Waals surface area contributed by atoms with Gasteiger partial charge in [0.15, 0.2) is 0 Å². The molecule has 0 aromatic heterocycles. The van der Waals surface area contributed by atoms with Crippen molar-refractivity contribution < 1.29 is 48.8 Å². The molecule has 11 nitrogen and oxygen atoms in total. The van der Waals surface area contributed by atoms with E-state index in [4.69, 9.17) is 39.2 Å². The van der Waals surface area contributed by atoms with Crippen LogP contribution in [0.5, 0.6) is 0 Å². The summed E-state index contributed by atoms with van der Waals surface area (Å²) in [6.07, 6.45) is 1.90. The summed E-state index contributed by atoms with van der Waals surface area (Å²) in [7, 11) is -5.65. The van der Waals surface area contributed by atoms with Crippen molar-refractivity contribution >= 4 is 56.4 Å². The summed E-state index contributed by atoms with van der Waals surface area (Å²) in [5, 5.41) is 0. The molecule has 0 saturated carbocycles. The predicted molar refractivity (Wildman–Crippen MR) is 138 cm³/mol. The van der Waals surface area contributed by atoms with E-state index in [9.17, 15) is 9.59 Å². The van der Waals surface area contributed by atoms with E-state index in [2.05, 4.69) is 0 Å². The lowest BCUT2D eigenvalue weighted by Gasteiger charge is -2.40. The maximum Gasteiger partial charge on any atom is 0.500 e. The Bertz CT molecular complexity index is 644. The van der Waals surface area contributed by atoms with Gasteiger partial charge in [-0.05, 0) is 58.0 Å². The first kappa shape index (κ1) is 32.8. The summed E-state index contributed by atoms with van der Waals surface area (Å²) < 4.78 is 51.1. The van der Waals surface area contributed by atoms with Crippen LogP contribution in [0, 0.1) is 0 Å². The molecule has 2 radical (unpaired) electrons. The van der Waals surface area contributed by atoms with E-state index >= 15 is 0 Å². The van der Waals surface area contributed by atoms with Crippen molar-refractivity contribution in [3.63, 3.8) is 0 Å². The predicted octanol–water partition coefficient (Wildman–Crippen LogP) is 2.99. The molecule has 0 amide bonds. The van der Waals surface area contributed by atoms with Gasteiger partial charge in [0.05, 0.1) is 13.2 Å². The van der Waals surface area contributed by atoms with Gasteiger partial charge in [0.25, 0.3) is 0 Å². The molecule has 1 aliphatic rings. The van der Waals surface area contributed by atoms with Crippen LogP contribution in [0.25, 0.3) is 0 Å². The Morgan fingerprint density at radius 3 is 1.86 bits per heavy atom. The lowest BCUT2D eigenvalue weighted by Crippen LogP contribution is -2.58. The standard InChI is InChI=1S/C19H42O11Si5/c1-22-35(23-2,24-3)17-11-15-26-19(21)13-9-12-18(20)25-14-10-16-34(8)29-32(5)27-31(4)28-33(6,7)30-34/h9-17H2,1-8H3. The Kier molecular flexibility index (Phi) is 14.9. The molecule has 35 heavy (non-hydrogen) atoms. The SMILES string of the molecule is CO[Si](CCCOC(=O)CCCC(=O)OCCC[Si]1(C)O[Si](C)O[Si](C)O[Si](C)(C)O1)(OC)OC. The zero-order chi connectivity index (χ0) is 26.5. The van der Waals surface area contributed by atoms with Gasteiger partial charge in [-0.2, -0.15) is 0 Å². The van der Waals surface area contributed by atoms with Crippen LogP contribution in [0.1, 0.15) is 32.1 Å². The highest BCUT2D eigenvalue weighted by Crippen LogP contribution is 2.26. The average molecular weight is 587 g/mol. The van der Waals surface area contributed by atoms with Crippen LogP contribution < -0.4 is 0 Å². The molecular weight excluding hydrogens is 545 g/mol. The molecule has 0 N–H and O–H groups in total. The zero-order valence-electron chi connectivity index (χ0n) is 22.4. The van der Waals surface area contributed by atoms with Crippen LogP contribution in [-0.4, -0.2) is 91.0 Å². The number of carbonyl (C=O) groups is 2. The monoisotopic (exact) mass is 586 g/mol. The van der Waals surface area contributed by atoms with Crippen molar-refractivity contribution in [3.05, 3.63) is 0 Å². The summed E-state index contributed by atoms with van der Waals surface area (Å²) in [6.45, 7) is 10.5. The molecule has 0 spiro atoms. The van der Waals surface area contributed by atoms with Gasteiger partial charge in [-0.1, -0.05) is 0 Å². The minimum Gasteiger partial charge on any atom is -0.466 e. The topological polar surface area (TPSA) is 117 Å². The van der Waals surface area contributed by atoms with Gasteiger partial charge < -0.3 is 39.2 Å². The van der Waals surface area contributed by atoms with Gasteiger partial charge >= 0.3 is 56.4 Å². The van der Waals surface area contributed by atoms with E-state index in [1.807, 2.05) is 32.7 Å². The van der Waals surface area contributed by atoms with Gasteiger partial charge in [0.2, 0.25) is 0 Å². The third kappa shape index (κ3) is 13.2. The zero-order valence-corrected chi connectivity index (χ0v) is 27.4. The first-order valence-corrected chi connectivity index (χ1v) is 22.7. The molecule has 1 atom stereocenters. The van der Waals surface area contributed by atoms with Crippen LogP contribution in [0.2, 0.25) is 44.8 Å². The molecule has 0 bridgehead atoms. The Morgan fingerprint density at radius 2 is 1.31 bits per heavy atom. The molecule has 1 heterocycles. The first-order valence-electron chi connectivity index (χ1n) is 11.8. The Hall–Kier alpha value is -0.256. The number of rotatable bonds is 15. The fourth-order valence-corrected chi connectivity index (χ4v) is 20.1. The number of hydrogen-bond donors (Lipinski definition) is 0. The summed E-state index contributed by atoms with van der Waals surface area (Å²) in [5.41, 5.74) is 0. The largest absolute Gasteiger partial charge is 0.500 e. The minimum atomic E-state index is -2.65. The maximum atomic E-state index is 12.0. The molecule has 16 heteroatoms. The molecule has 0 aromatic carbocycles. The smallest absolute Gasteiger partial charge is 0.466 e. The van der Waals surface area contributed by atoms with Crippen molar-refractivity contribution in [1.29, 1.82) is 0 Å². The number of hydrogen-bond acceptors (Lipinski definition) is 11. The van der Waals surface area contributed by atoms with Gasteiger partial charge in [0, 0.05) is 40.2 Å². The third-order valence-electron chi connectivity index (χ3n) is 5.12. The molecule has 1 unspecified atom stereocenters. The Labute approximate surface area is 216 Å². The maximum absolute atomic E-state index is 12.0. The van der Waals surface area contributed by atoms with E-state index in [-0.39, 0.29) is 38.0 Å². The molecule has 1 saturated heterocycles. The lowest BCUT2D eigenvalue weighted by molar-refractivity contribution is -0.145. The molecule has 1 aliphatic heterocycles. The van der Waals surface area contributed by atoms with E-state index in [0.717, 1.165) is 0 Å². The Morgan fingerprint density at radius 1 is 0.800 bits per heavy atom. The number of carbonyl (C=O) groups excluding carboxylic acids is 2. The second kappa shape index (κ2) is 15.9. The van der Waals surface area contributed by atoms with Crippen molar-refractivity contribution in [2.45, 2.75) is 76.9 Å². The highest BCUT2D eigenvalue weighted by molar-refractivity contribution is 6.86. The van der Waals surface area contributed by atoms with Crippen LogP contribution in [-0.2, 0) is 48.8 Å². The fraction of sp³-hybridized carbons (Fsp3) is 0.895. The van der Waals surface area contributed by atoms with E-state index in [1.165, 1.54) is 0 Å². The first-order chi connectivity index (χ1) is 16.4. The number of ether oxygens (including phenoxy) is 2. The van der Waals surface area contributed by atoms with Crippen molar-refractivity contribution in [2.24, 2.45) is 0 Å². The summed E-state index contributed by atoms with van der Waals surface area (Å²) in [5.74, 6) is -0.681. The molecule has 0 aliphatic carbocycles. The molecule has 1 rings (SSSR count). The molecule has 204 valence electrons. The quantitative estimate of drug-likeness (QED) is 0.160. The van der Waals surface area contributed by atoms with E-state index in [1.54, 1.807) is 21.3 Å². The summed E-state index contributed by atoms with van der Waals surface area (Å²) in [6, 6.07) is 1.23. The molecule has 1 fully saturated rings. The van der Waals surface area contributed by atoms with Crippen LogP contribution in [0.3, 0.4) is 0 Å². The second-order valence-electron chi connectivity index (χ2n) is 8.72. The third-order valence-corrected chi connectivity index (χ3v) is 21.2.